The Morgan fingerprint density at radius 3 is 2.56 bits per heavy atom. The fraction of sp³-hybridized carbons (Fsp3) is 0.300. The minimum Gasteiger partial charge on any atom is -0.497 e. The Kier molecular flexibility index (Phi) is 6.17. The molecular weight excluding hydrogens is 318 g/mol. The highest BCUT2D eigenvalue weighted by molar-refractivity contribution is 5.98. The first-order valence-corrected chi connectivity index (χ1v) is 8.20. The molecule has 0 radical (unpaired) electrons. The van der Waals surface area contributed by atoms with Gasteiger partial charge < -0.3 is 14.8 Å². The van der Waals surface area contributed by atoms with E-state index in [4.69, 9.17) is 9.47 Å². The second kappa shape index (κ2) is 8.33. The molecule has 5 heteroatoms. The number of carbonyl (C=O) groups excluding carboxylic acids is 2. The second-order valence-corrected chi connectivity index (χ2v) is 5.73. The molecule has 2 rings (SSSR count). The Morgan fingerprint density at radius 1 is 1.16 bits per heavy atom. The number of hydrogen-bond acceptors (Lipinski definition) is 4. The maximum absolute atomic E-state index is 12.4. The van der Waals surface area contributed by atoms with Gasteiger partial charge in [0.05, 0.1) is 12.7 Å². The molecule has 2 aromatic carbocycles. The van der Waals surface area contributed by atoms with Crippen LogP contribution in [-0.2, 0) is 16.0 Å². The van der Waals surface area contributed by atoms with E-state index >= 15 is 0 Å². The van der Waals surface area contributed by atoms with Crippen molar-refractivity contribution >= 4 is 17.6 Å². The van der Waals surface area contributed by atoms with E-state index in [0.717, 1.165) is 23.2 Å². The van der Waals surface area contributed by atoms with Crippen molar-refractivity contribution < 1.29 is 19.1 Å². The number of hydrogen-bond donors (Lipinski definition) is 1. The lowest BCUT2D eigenvalue weighted by molar-refractivity contribution is -0.123. The normalized spacial score (nSPS) is 11.5. The van der Waals surface area contributed by atoms with Crippen molar-refractivity contribution in [1.82, 2.24) is 0 Å². The number of ether oxygens (including phenoxy) is 2. The van der Waals surface area contributed by atoms with E-state index in [1.54, 1.807) is 31.2 Å². The molecule has 1 N–H and O–H groups in total. The van der Waals surface area contributed by atoms with Crippen LogP contribution in [0, 0.1) is 6.92 Å². The van der Waals surface area contributed by atoms with Gasteiger partial charge in [-0.25, -0.2) is 4.79 Å². The smallest absolute Gasteiger partial charge is 0.339 e. The quantitative estimate of drug-likeness (QED) is 0.813. The lowest BCUT2D eigenvalue weighted by Gasteiger charge is -2.17. The summed E-state index contributed by atoms with van der Waals surface area (Å²) in [6.07, 6.45) is -0.113. The summed E-state index contributed by atoms with van der Waals surface area (Å²) in [5.41, 5.74) is 3.13. The second-order valence-electron chi connectivity index (χ2n) is 5.73. The highest BCUT2D eigenvalue weighted by Gasteiger charge is 2.20. The summed E-state index contributed by atoms with van der Waals surface area (Å²) in [7, 11) is 1.52. The molecule has 0 fully saturated rings. The summed E-state index contributed by atoms with van der Waals surface area (Å²) in [5, 5.41) is 2.87. The molecule has 25 heavy (non-hydrogen) atoms. The molecule has 0 unspecified atom stereocenters. The molecule has 1 atom stereocenters. The number of aryl methyl sites for hydroxylation is 2. The number of para-hydroxylation sites is 1. The first-order valence-electron chi connectivity index (χ1n) is 8.20. The van der Waals surface area contributed by atoms with Gasteiger partial charge in [0.15, 0.2) is 6.10 Å². The SMILES string of the molecule is CCc1cccc(C)c1NC(=O)[C@H](C)OC(=O)c1cccc(OC)c1. The van der Waals surface area contributed by atoms with Gasteiger partial charge in [-0.05, 0) is 49.6 Å². The molecule has 0 saturated carbocycles. The average molecular weight is 341 g/mol. The lowest BCUT2D eigenvalue weighted by Crippen LogP contribution is -2.30. The first kappa shape index (κ1) is 18.5. The summed E-state index contributed by atoms with van der Waals surface area (Å²) in [4.78, 5) is 24.6. The van der Waals surface area contributed by atoms with Gasteiger partial charge in [-0.1, -0.05) is 31.2 Å². The van der Waals surface area contributed by atoms with Crippen LogP contribution in [0.1, 0.15) is 35.3 Å². The van der Waals surface area contributed by atoms with Crippen molar-refractivity contribution in [3.05, 3.63) is 59.2 Å². The molecule has 0 bridgehead atoms. The zero-order valence-corrected chi connectivity index (χ0v) is 15.0. The van der Waals surface area contributed by atoms with E-state index in [2.05, 4.69) is 5.32 Å². The third kappa shape index (κ3) is 4.59. The van der Waals surface area contributed by atoms with Crippen LogP contribution in [0.15, 0.2) is 42.5 Å². The lowest BCUT2D eigenvalue weighted by atomic mass is 10.1. The highest BCUT2D eigenvalue weighted by Crippen LogP contribution is 2.21. The number of rotatable bonds is 6. The Balaban J connectivity index is 2.06. The van der Waals surface area contributed by atoms with Crippen molar-refractivity contribution in [2.75, 3.05) is 12.4 Å². The van der Waals surface area contributed by atoms with Gasteiger partial charge >= 0.3 is 5.97 Å². The van der Waals surface area contributed by atoms with Gasteiger partial charge in [0.1, 0.15) is 5.75 Å². The van der Waals surface area contributed by atoms with Crippen LogP contribution in [0.25, 0.3) is 0 Å². The molecule has 132 valence electrons. The molecule has 5 nitrogen and oxygen atoms in total. The van der Waals surface area contributed by atoms with Crippen molar-refractivity contribution in [3.63, 3.8) is 0 Å². The third-order valence-electron chi connectivity index (χ3n) is 3.95. The van der Waals surface area contributed by atoms with Crippen LogP contribution in [0.3, 0.4) is 0 Å². The molecular formula is C20H23NO4. The van der Waals surface area contributed by atoms with Gasteiger partial charge in [0.2, 0.25) is 0 Å². The van der Waals surface area contributed by atoms with Crippen LogP contribution in [0.4, 0.5) is 5.69 Å². The third-order valence-corrected chi connectivity index (χ3v) is 3.95. The fourth-order valence-electron chi connectivity index (χ4n) is 2.46. The van der Waals surface area contributed by atoms with Crippen LogP contribution in [0.2, 0.25) is 0 Å². The maximum atomic E-state index is 12.4. The molecule has 0 aromatic heterocycles. The molecule has 0 saturated heterocycles. The van der Waals surface area contributed by atoms with E-state index in [1.807, 2.05) is 32.0 Å². The minimum absolute atomic E-state index is 0.337. The molecule has 1 amide bonds. The zero-order valence-electron chi connectivity index (χ0n) is 15.0. The summed E-state index contributed by atoms with van der Waals surface area (Å²) >= 11 is 0. The van der Waals surface area contributed by atoms with Crippen LogP contribution >= 0.6 is 0 Å². The molecule has 0 aliphatic heterocycles. The van der Waals surface area contributed by atoms with E-state index in [-0.39, 0.29) is 5.91 Å². The minimum atomic E-state index is -0.914. The van der Waals surface area contributed by atoms with Gasteiger partial charge in [-0.2, -0.15) is 0 Å². The standard InChI is InChI=1S/C20H23NO4/c1-5-15-9-6-8-13(2)18(15)21-19(22)14(3)25-20(23)16-10-7-11-17(12-16)24-4/h6-12,14H,5H2,1-4H3,(H,21,22)/t14-/m0/s1. The fourth-order valence-corrected chi connectivity index (χ4v) is 2.46. The van der Waals surface area contributed by atoms with Crippen molar-refractivity contribution in [2.24, 2.45) is 0 Å². The van der Waals surface area contributed by atoms with Crippen LogP contribution in [0.5, 0.6) is 5.75 Å². The zero-order chi connectivity index (χ0) is 18.4. The number of nitrogens with one attached hydrogen (secondary N) is 1. The largest absolute Gasteiger partial charge is 0.497 e. The monoisotopic (exact) mass is 341 g/mol. The Labute approximate surface area is 148 Å². The van der Waals surface area contributed by atoms with E-state index in [1.165, 1.54) is 7.11 Å². The van der Waals surface area contributed by atoms with Gasteiger partial charge in [-0.15, -0.1) is 0 Å². The molecule has 0 spiro atoms. The van der Waals surface area contributed by atoms with Gasteiger partial charge in [-0.3, -0.25) is 4.79 Å². The highest BCUT2D eigenvalue weighted by atomic mass is 16.5. The Bertz CT molecular complexity index is 770. The molecule has 0 heterocycles. The Hall–Kier alpha value is -2.82. The topological polar surface area (TPSA) is 64.6 Å². The summed E-state index contributed by atoms with van der Waals surface area (Å²) < 4.78 is 10.4. The van der Waals surface area contributed by atoms with E-state index in [0.29, 0.717) is 11.3 Å². The summed E-state index contributed by atoms with van der Waals surface area (Å²) in [6, 6.07) is 12.5. The molecule has 0 aliphatic carbocycles. The van der Waals surface area contributed by atoms with Gasteiger partial charge in [0.25, 0.3) is 5.91 Å². The van der Waals surface area contributed by atoms with Crippen molar-refractivity contribution in [1.29, 1.82) is 0 Å². The molecule has 2 aromatic rings. The predicted octanol–water partition coefficient (Wildman–Crippen LogP) is 3.75. The van der Waals surface area contributed by atoms with Gasteiger partial charge in [0, 0.05) is 5.69 Å². The summed E-state index contributed by atoms with van der Waals surface area (Å²) in [6.45, 7) is 5.51. The number of carbonyl (C=O) groups is 2. The maximum Gasteiger partial charge on any atom is 0.339 e. The van der Waals surface area contributed by atoms with Crippen molar-refractivity contribution in [2.45, 2.75) is 33.3 Å². The average Bonchev–Trinajstić information content (AvgIpc) is 2.63. The number of methoxy groups -OCH3 is 1. The predicted molar refractivity (Wildman–Crippen MR) is 97.1 cm³/mol. The van der Waals surface area contributed by atoms with Crippen LogP contribution < -0.4 is 10.1 Å². The summed E-state index contributed by atoms with van der Waals surface area (Å²) in [5.74, 6) is -0.374. The number of anilines is 1. The van der Waals surface area contributed by atoms with Crippen molar-refractivity contribution in [3.8, 4) is 5.75 Å². The molecule has 0 aliphatic rings. The van der Waals surface area contributed by atoms with Crippen LogP contribution in [-0.4, -0.2) is 25.1 Å². The van der Waals surface area contributed by atoms with E-state index in [9.17, 15) is 9.59 Å². The first-order chi connectivity index (χ1) is 12.0. The number of esters is 1. The Morgan fingerprint density at radius 2 is 1.88 bits per heavy atom. The number of benzene rings is 2. The number of amides is 1. The van der Waals surface area contributed by atoms with E-state index < -0.39 is 12.1 Å².